The lowest BCUT2D eigenvalue weighted by atomic mass is 10.1. The van der Waals surface area contributed by atoms with Crippen molar-refractivity contribution in [3.63, 3.8) is 0 Å². The Balaban J connectivity index is 2.04. The zero-order valence-electron chi connectivity index (χ0n) is 8.90. The summed E-state index contributed by atoms with van der Waals surface area (Å²) in [5, 5.41) is 6.39. The average Bonchev–Trinajstić information content (AvgIpc) is 2.73. The number of aryl methyl sites for hydroxylation is 1. The van der Waals surface area contributed by atoms with Crippen LogP contribution in [0.4, 0.5) is 5.13 Å². The van der Waals surface area contributed by atoms with Crippen LogP contribution in [-0.4, -0.2) is 9.97 Å². The van der Waals surface area contributed by atoms with Crippen LogP contribution in [0, 0.1) is 0 Å². The summed E-state index contributed by atoms with van der Waals surface area (Å²) in [6.45, 7) is 2.81. The lowest BCUT2D eigenvalue weighted by molar-refractivity contribution is 0.969. The molecule has 0 saturated carbocycles. The van der Waals surface area contributed by atoms with Crippen molar-refractivity contribution in [2.75, 3.05) is 5.32 Å². The molecule has 0 atom stereocenters. The van der Waals surface area contributed by atoms with E-state index < -0.39 is 0 Å². The van der Waals surface area contributed by atoms with Crippen LogP contribution >= 0.6 is 22.9 Å². The van der Waals surface area contributed by atoms with Crippen LogP contribution in [0.25, 0.3) is 0 Å². The van der Waals surface area contributed by atoms with E-state index in [2.05, 4.69) is 28.3 Å². The second-order valence-electron chi connectivity index (χ2n) is 3.29. The van der Waals surface area contributed by atoms with Crippen molar-refractivity contribution in [1.29, 1.82) is 0 Å². The summed E-state index contributed by atoms with van der Waals surface area (Å²) in [5.41, 5.74) is 2.33. The standard InChI is InChI=1S/C11H12ClN3S/c1-2-8-4-3-5-13-9(8)6-14-11-15-10(12)7-16-11/h3-5,7H,2,6H2,1H3,(H,14,15). The van der Waals surface area contributed by atoms with Crippen molar-refractivity contribution in [3.8, 4) is 0 Å². The molecule has 0 fully saturated rings. The summed E-state index contributed by atoms with van der Waals surface area (Å²) in [6, 6.07) is 4.06. The van der Waals surface area contributed by atoms with Crippen molar-refractivity contribution < 1.29 is 0 Å². The molecule has 2 heterocycles. The normalized spacial score (nSPS) is 10.4. The Morgan fingerprint density at radius 2 is 2.38 bits per heavy atom. The molecule has 84 valence electrons. The molecule has 3 nitrogen and oxygen atoms in total. The van der Waals surface area contributed by atoms with E-state index in [1.54, 1.807) is 0 Å². The van der Waals surface area contributed by atoms with Gasteiger partial charge in [-0.2, -0.15) is 0 Å². The molecule has 0 saturated heterocycles. The third kappa shape index (κ3) is 2.71. The molecule has 0 radical (unpaired) electrons. The fraction of sp³-hybridized carbons (Fsp3) is 0.273. The highest BCUT2D eigenvalue weighted by atomic mass is 35.5. The Bertz CT molecular complexity index is 470. The molecule has 0 bridgehead atoms. The molecule has 1 N–H and O–H groups in total. The van der Waals surface area contributed by atoms with Gasteiger partial charge in [-0.25, -0.2) is 4.98 Å². The monoisotopic (exact) mass is 253 g/mol. The summed E-state index contributed by atoms with van der Waals surface area (Å²) >= 11 is 7.24. The minimum Gasteiger partial charge on any atom is -0.356 e. The lowest BCUT2D eigenvalue weighted by Gasteiger charge is -2.06. The van der Waals surface area contributed by atoms with Crippen molar-refractivity contribution in [3.05, 3.63) is 40.1 Å². The molecule has 0 unspecified atom stereocenters. The fourth-order valence-electron chi connectivity index (χ4n) is 1.45. The Morgan fingerprint density at radius 3 is 3.06 bits per heavy atom. The molecule has 0 aromatic carbocycles. The summed E-state index contributed by atoms with van der Waals surface area (Å²) in [7, 11) is 0. The van der Waals surface area contributed by atoms with Crippen LogP contribution in [0.5, 0.6) is 0 Å². The number of anilines is 1. The highest BCUT2D eigenvalue weighted by Crippen LogP contribution is 2.19. The van der Waals surface area contributed by atoms with Gasteiger partial charge in [-0.15, -0.1) is 11.3 Å². The number of rotatable bonds is 4. The zero-order valence-corrected chi connectivity index (χ0v) is 10.5. The van der Waals surface area contributed by atoms with E-state index in [0.717, 1.165) is 17.2 Å². The molecule has 2 rings (SSSR count). The first-order valence-electron chi connectivity index (χ1n) is 5.07. The minimum absolute atomic E-state index is 0.532. The maximum atomic E-state index is 5.74. The van der Waals surface area contributed by atoms with E-state index in [4.69, 9.17) is 11.6 Å². The highest BCUT2D eigenvalue weighted by Gasteiger charge is 2.03. The second kappa shape index (κ2) is 5.27. The first-order valence-corrected chi connectivity index (χ1v) is 6.33. The van der Waals surface area contributed by atoms with Gasteiger partial charge in [-0.05, 0) is 18.1 Å². The molecule has 2 aromatic heterocycles. The van der Waals surface area contributed by atoms with Gasteiger partial charge in [-0.3, -0.25) is 4.98 Å². The first kappa shape index (κ1) is 11.4. The smallest absolute Gasteiger partial charge is 0.184 e. The van der Waals surface area contributed by atoms with Crippen LogP contribution < -0.4 is 5.32 Å². The first-order chi connectivity index (χ1) is 7.79. The molecular weight excluding hydrogens is 242 g/mol. The predicted octanol–water partition coefficient (Wildman–Crippen LogP) is 3.37. The third-order valence-electron chi connectivity index (χ3n) is 2.25. The van der Waals surface area contributed by atoms with Gasteiger partial charge in [-0.1, -0.05) is 24.6 Å². The van der Waals surface area contributed by atoms with Crippen LogP contribution in [0.1, 0.15) is 18.2 Å². The maximum Gasteiger partial charge on any atom is 0.184 e. The molecule has 5 heteroatoms. The molecule has 0 spiro atoms. The Labute approximate surface area is 104 Å². The molecule has 0 aliphatic heterocycles. The SMILES string of the molecule is CCc1cccnc1CNc1nc(Cl)cs1. The van der Waals surface area contributed by atoms with Crippen molar-refractivity contribution in [2.45, 2.75) is 19.9 Å². The zero-order chi connectivity index (χ0) is 11.4. The van der Waals surface area contributed by atoms with E-state index in [1.807, 2.05) is 17.6 Å². The number of pyridine rings is 1. The maximum absolute atomic E-state index is 5.74. The number of thiazole rings is 1. The fourth-order valence-corrected chi connectivity index (χ4v) is 2.28. The highest BCUT2D eigenvalue weighted by molar-refractivity contribution is 7.14. The largest absolute Gasteiger partial charge is 0.356 e. The Kier molecular flexibility index (Phi) is 3.74. The van der Waals surface area contributed by atoms with Gasteiger partial charge in [0.25, 0.3) is 0 Å². The van der Waals surface area contributed by atoms with Crippen LogP contribution in [-0.2, 0) is 13.0 Å². The van der Waals surface area contributed by atoms with Crippen LogP contribution in [0.2, 0.25) is 5.15 Å². The van der Waals surface area contributed by atoms with Crippen LogP contribution in [0.15, 0.2) is 23.7 Å². The molecule has 0 aliphatic carbocycles. The number of halogens is 1. The number of nitrogens with zero attached hydrogens (tertiary/aromatic N) is 2. The molecule has 16 heavy (non-hydrogen) atoms. The average molecular weight is 254 g/mol. The van der Waals surface area contributed by atoms with Gasteiger partial charge in [0, 0.05) is 11.6 Å². The Morgan fingerprint density at radius 1 is 1.50 bits per heavy atom. The topological polar surface area (TPSA) is 37.8 Å². The quantitative estimate of drug-likeness (QED) is 0.908. The number of aromatic nitrogens is 2. The van der Waals surface area contributed by atoms with Gasteiger partial charge in [0.05, 0.1) is 12.2 Å². The number of nitrogens with one attached hydrogen (secondary N) is 1. The van der Waals surface area contributed by atoms with Gasteiger partial charge >= 0.3 is 0 Å². The van der Waals surface area contributed by atoms with E-state index in [1.165, 1.54) is 16.9 Å². The molecule has 0 aliphatic rings. The van der Waals surface area contributed by atoms with E-state index >= 15 is 0 Å². The number of hydrogen-bond donors (Lipinski definition) is 1. The summed E-state index contributed by atoms with van der Waals surface area (Å²) < 4.78 is 0. The lowest BCUT2D eigenvalue weighted by Crippen LogP contribution is -2.04. The molecular formula is C11H12ClN3S. The predicted molar refractivity (Wildman–Crippen MR) is 68.1 cm³/mol. The van der Waals surface area contributed by atoms with E-state index in [9.17, 15) is 0 Å². The van der Waals surface area contributed by atoms with Gasteiger partial charge in [0.2, 0.25) is 0 Å². The molecule has 2 aromatic rings. The van der Waals surface area contributed by atoms with Crippen LogP contribution in [0.3, 0.4) is 0 Å². The van der Waals surface area contributed by atoms with Gasteiger partial charge in [0.1, 0.15) is 5.15 Å². The van der Waals surface area contributed by atoms with E-state index in [0.29, 0.717) is 11.7 Å². The summed E-state index contributed by atoms with van der Waals surface area (Å²) in [4.78, 5) is 8.48. The van der Waals surface area contributed by atoms with Gasteiger partial charge < -0.3 is 5.32 Å². The number of hydrogen-bond acceptors (Lipinski definition) is 4. The summed E-state index contributed by atoms with van der Waals surface area (Å²) in [5.74, 6) is 0. The van der Waals surface area contributed by atoms with Crippen molar-refractivity contribution in [2.24, 2.45) is 0 Å². The third-order valence-corrected chi connectivity index (χ3v) is 3.37. The second-order valence-corrected chi connectivity index (χ2v) is 4.54. The Hall–Kier alpha value is -1.13. The summed E-state index contributed by atoms with van der Waals surface area (Å²) in [6.07, 6.45) is 2.80. The van der Waals surface area contributed by atoms with Gasteiger partial charge in [0.15, 0.2) is 5.13 Å². The molecule has 0 amide bonds. The van der Waals surface area contributed by atoms with E-state index in [-0.39, 0.29) is 0 Å². The minimum atomic E-state index is 0.532. The van der Waals surface area contributed by atoms with Crippen molar-refractivity contribution >= 4 is 28.1 Å². The van der Waals surface area contributed by atoms with Crippen molar-refractivity contribution in [1.82, 2.24) is 9.97 Å².